The second-order valence-corrected chi connectivity index (χ2v) is 6.08. The van der Waals surface area contributed by atoms with Crippen molar-refractivity contribution in [1.29, 1.82) is 5.26 Å². The third-order valence-corrected chi connectivity index (χ3v) is 4.50. The molecule has 0 aromatic carbocycles. The molecule has 1 aliphatic heterocycles. The maximum absolute atomic E-state index is 9.27. The van der Waals surface area contributed by atoms with Crippen LogP contribution in [0.25, 0.3) is 0 Å². The highest BCUT2D eigenvalue weighted by molar-refractivity contribution is 5.05. The molecule has 4 nitrogen and oxygen atoms in total. The Kier molecular flexibility index (Phi) is 6.78. The van der Waals surface area contributed by atoms with Crippen LogP contribution in [-0.2, 0) is 0 Å². The van der Waals surface area contributed by atoms with Crippen LogP contribution < -0.4 is 5.32 Å². The van der Waals surface area contributed by atoms with Crippen molar-refractivity contribution in [3.8, 4) is 6.07 Å². The summed E-state index contributed by atoms with van der Waals surface area (Å²) in [6, 6.07) is 2.43. The van der Waals surface area contributed by atoms with Crippen LogP contribution in [0.4, 0.5) is 0 Å². The Morgan fingerprint density at radius 1 is 1.53 bits per heavy atom. The first-order valence-electron chi connectivity index (χ1n) is 7.52. The second kappa shape index (κ2) is 7.84. The van der Waals surface area contributed by atoms with E-state index in [4.69, 9.17) is 0 Å². The van der Waals surface area contributed by atoms with E-state index in [1.54, 1.807) is 0 Å². The van der Waals surface area contributed by atoms with Gasteiger partial charge in [0.2, 0.25) is 0 Å². The maximum atomic E-state index is 9.27. The molecular weight excluding hydrogens is 236 g/mol. The number of nitrogens with zero attached hydrogens (tertiary/aromatic N) is 3. The Balaban J connectivity index is 2.23. The fourth-order valence-corrected chi connectivity index (χ4v) is 3.03. The Morgan fingerprint density at radius 3 is 2.74 bits per heavy atom. The van der Waals surface area contributed by atoms with Gasteiger partial charge in [-0.05, 0) is 65.8 Å². The van der Waals surface area contributed by atoms with Crippen molar-refractivity contribution in [3.63, 3.8) is 0 Å². The molecule has 0 saturated carbocycles. The summed E-state index contributed by atoms with van der Waals surface area (Å²) in [6.45, 7) is 6.84. The molecule has 0 aromatic heterocycles. The van der Waals surface area contributed by atoms with E-state index in [2.05, 4.69) is 42.2 Å². The van der Waals surface area contributed by atoms with Gasteiger partial charge in [-0.1, -0.05) is 6.92 Å². The normalized spacial score (nSPS) is 23.5. The lowest BCUT2D eigenvalue weighted by Crippen LogP contribution is -2.41. The predicted molar refractivity (Wildman–Crippen MR) is 80.0 cm³/mol. The minimum atomic E-state index is -0.325. The van der Waals surface area contributed by atoms with E-state index in [0.29, 0.717) is 0 Å². The van der Waals surface area contributed by atoms with Crippen LogP contribution in [0, 0.1) is 17.2 Å². The van der Waals surface area contributed by atoms with Gasteiger partial charge in [-0.2, -0.15) is 5.26 Å². The predicted octanol–water partition coefficient (Wildman–Crippen LogP) is 1.54. The number of hydrogen-bond donors (Lipinski definition) is 1. The van der Waals surface area contributed by atoms with Gasteiger partial charge in [0.15, 0.2) is 0 Å². The van der Waals surface area contributed by atoms with Crippen LogP contribution in [0.1, 0.15) is 32.6 Å². The molecule has 1 aliphatic rings. The molecule has 1 N–H and O–H groups in total. The number of likely N-dealkylation sites (tertiary alicyclic amines) is 1. The highest BCUT2D eigenvalue weighted by Crippen LogP contribution is 2.18. The van der Waals surface area contributed by atoms with E-state index in [-0.39, 0.29) is 5.54 Å². The zero-order chi connectivity index (χ0) is 14.3. The Morgan fingerprint density at radius 2 is 2.26 bits per heavy atom. The summed E-state index contributed by atoms with van der Waals surface area (Å²) >= 11 is 0. The van der Waals surface area contributed by atoms with Crippen LogP contribution in [0.3, 0.4) is 0 Å². The first kappa shape index (κ1) is 16.4. The zero-order valence-electron chi connectivity index (χ0n) is 13.1. The van der Waals surface area contributed by atoms with Gasteiger partial charge in [0.25, 0.3) is 0 Å². The molecule has 0 aromatic rings. The van der Waals surface area contributed by atoms with E-state index in [9.17, 15) is 5.26 Å². The lowest BCUT2D eigenvalue weighted by atomic mass is 9.92. The van der Waals surface area contributed by atoms with Crippen molar-refractivity contribution in [2.75, 3.05) is 47.3 Å². The Bertz CT molecular complexity index is 293. The van der Waals surface area contributed by atoms with E-state index in [1.165, 1.54) is 26.1 Å². The minimum absolute atomic E-state index is 0.325. The molecular formula is C15H30N4. The molecule has 1 saturated heterocycles. The molecule has 0 amide bonds. The van der Waals surface area contributed by atoms with E-state index >= 15 is 0 Å². The van der Waals surface area contributed by atoms with Crippen molar-refractivity contribution in [2.45, 2.75) is 38.1 Å². The highest BCUT2D eigenvalue weighted by Gasteiger charge is 2.25. The number of rotatable bonds is 8. The molecule has 0 bridgehead atoms. The summed E-state index contributed by atoms with van der Waals surface area (Å²) < 4.78 is 0. The Labute approximate surface area is 118 Å². The third kappa shape index (κ3) is 5.10. The van der Waals surface area contributed by atoms with Crippen LogP contribution in [-0.4, -0.2) is 62.7 Å². The number of nitrogens with one attached hydrogen (secondary N) is 1. The molecule has 1 rings (SSSR count). The van der Waals surface area contributed by atoms with Crippen molar-refractivity contribution in [3.05, 3.63) is 0 Å². The fourth-order valence-electron chi connectivity index (χ4n) is 3.03. The third-order valence-electron chi connectivity index (χ3n) is 4.50. The van der Waals surface area contributed by atoms with Crippen LogP contribution >= 0.6 is 0 Å². The summed E-state index contributed by atoms with van der Waals surface area (Å²) in [4.78, 5) is 4.84. The van der Waals surface area contributed by atoms with Crippen molar-refractivity contribution in [2.24, 2.45) is 5.92 Å². The maximum Gasteiger partial charge on any atom is 0.106 e. The molecule has 0 radical (unpaired) electrons. The first-order valence-corrected chi connectivity index (χ1v) is 7.52. The molecule has 2 atom stereocenters. The molecule has 4 heteroatoms. The topological polar surface area (TPSA) is 42.3 Å². The number of hydrogen-bond acceptors (Lipinski definition) is 4. The van der Waals surface area contributed by atoms with E-state index in [0.717, 1.165) is 31.7 Å². The van der Waals surface area contributed by atoms with Gasteiger partial charge in [-0.15, -0.1) is 0 Å². The van der Waals surface area contributed by atoms with Gasteiger partial charge >= 0.3 is 0 Å². The van der Waals surface area contributed by atoms with Crippen molar-refractivity contribution < 1.29 is 0 Å². The van der Waals surface area contributed by atoms with Gasteiger partial charge in [0, 0.05) is 13.1 Å². The summed E-state index contributed by atoms with van der Waals surface area (Å²) in [5.41, 5.74) is -0.325. The fraction of sp³-hybridized carbons (Fsp3) is 0.933. The monoisotopic (exact) mass is 266 g/mol. The molecule has 0 spiro atoms. The zero-order valence-corrected chi connectivity index (χ0v) is 13.1. The summed E-state index contributed by atoms with van der Waals surface area (Å²) in [5.74, 6) is 0.825. The largest absolute Gasteiger partial charge is 0.306 e. The second-order valence-electron chi connectivity index (χ2n) is 6.08. The molecule has 1 heterocycles. The van der Waals surface area contributed by atoms with E-state index < -0.39 is 0 Å². The van der Waals surface area contributed by atoms with E-state index in [1.807, 2.05) is 7.05 Å². The van der Waals surface area contributed by atoms with Crippen molar-refractivity contribution in [1.82, 2.24) is 15.1 Å². The molecule has 1 fully saturated rings. The molecule has 2 unspecified atom stereocenters. The smallest absolute Gasteiger partial charge is 0.106 e. The Hall–Kier alpha value is -0.630. The summed E-state index contributed by atoms with van der Waals surface area (Å²) in [5, 5.41) is 12.5. The van der Waals surface area contributed by atoms with Gasteiger partial charge in [-0.25, -0.2) is 0 Å². The molecule has 19 heavy (non-hydrogen) atoms. The minimum Gasteiger partial charge on any atom is -0.306 e. The quantitative estimate of drug-likeness (QED) is 0.724. The van der Waals surface area contributed by atoms with Gasteiger partial charge in [0.1, 0.15) is 5.54 Å². The number of nitriles is 1. The van der Waals surface area contributed by atoms with Gasteiger partial charge in [-0.3, -0.25) is 0 Å². The van der Waals surface area contributed by atoms with Gasteiger partial charge in [0.05, 0.1) is 6.07 Å². The van der Waals surface area contributed by atoms with Crippen LogP contribution in [0.5, 0.6) is 0 Å². The van der Waals surface area contributed by atoms with Crippen LogP contribution in [0.2, 0.25) is 0 Å². The van der Waals surface area contributed by atoms with Crippen molar-refractivity contribution >= 4 is 0 Å². The lowest BCUT2D eigenvalue weighted by molar-refractivity contribution is 0.258. The SMILES string of the molecule is CCC(C#N)(CCCN(C)CC1CCN(C)C1)NC. The average molecular weight is 266 g/mol. The average Bonchev–Trinajstić information content (AvgIpc) is 2.80. The molecule has 110 valence electrons. The summed E-state index contributed by atoms with van der Waals surface area (Å²) in [6.07, 6.45) is 4.22. The first-order chi connectivity index (χ1) is 9.05. The highest BCUT2D eigenvalue weighted by atomic mass is 15.1. The standard InChI is InChI=1S/C15H30N4/c1-5-15(13-16,17-2)8-6-9-18(3)11-14-7-10-19(4)12-14/h14,17H,5-12H2,1-4H3. The molecule has 0 aliphatic carbocycles. The van der Waals surface area contributed by atoms with Crippen LogP contribution in [0.15, 0.2) is 0 Å². The van der Waals surface area contributed by atoms with Gasteiger partial charge < -0.3 is 15.1 Å². The summed E-state index contributed by atoms with van der Waals surface area (Å²) in [7, 11) is 6.30. The lowest BCUT2D eigenvalue weighted by Gasteiger charge is -2.26.